The molecule has 0 atom stereocenters. The molecule has 0 aliphatic rings. The molecule has 0 bridgehead atoms. The number of H-pyrrole nitrogens is 1. The molecule has 4 N–H and O–H groups in total. The molecule has 0 saturated heterocycles. The molecule has 3 aromatic rings. The molecule has 8 heteroatoms. The van der Waals surface area contributed by atoms with E-state index in [0.717, 1.165) is 54.4 Å². The van der Waals surface area contributed by atoms with Crippen LogP contribution in [0.4, 0.5) is 11.4 Å². The van der Waals surface area contributed by atoms with Crippen molar-refractivity contribution in [1.29, 1.82) is 5.41 Å². The molecule has 0 aliphatic heterocycles. The molecule has 32 heavy (non-hydrogen) atoms. The predicted molar refractivity (Wildman–Crippen MR) is 137 cm³/mol. The molecule has 0 radical (unpaired) electrons. The first kappa shape index (κ1) is 23.1. The van der Waals surface area contributed by atoms with Crippen molar-refractivity contribution in [2.75, 3.05) is 23.7 Å². The molecule has 7 nitrogen and oxygen atoms in total. The van der Waals surface area contributed by atoms with E-state index >= 15 is 0 Å². The average molecular weight is 448 g/mol. The van der Waals surface area contributed by atoms with Crippen molar-refractivity contribution < 1.29 is 0 Å². The first-order valence-corrected chi connectivity index (χ1v) is 11.2. The highest BCUT2D eigenvalue weighted by Crippen LogP contribution is 2.14. The zero-order valence-corrected chi connectivity index (χ0v) is 19.2. The van der Waals surface area contributed by atoms with Crippen LogP contribution in [0, 0.1) is 5.41 Å². The van der Waals surface area contributed by atoms with Crippen molar-refractivity contribution >= 4 is 40.4 Å². The molecule has 0 amide bonds. The van der Waals surface area contributed by atoms with Gasteiger partial charge in [-0.1, -0.05) is 13.8 Å². The maximum absolute atomic E-state index is 8.59. The predicted octanol–water partition coefficient (Wildman–Crippen LogP) is 5.11. The van der Waals surface area contributed by atoms with E-state index in [1.165, 1.54) is 0 Å². The normalized spacial score (nSPS) is 11.1. The molecule has 2 aromatic heterocycles. The number of hydrogen-bond donors (Lipinski definition) is 4. The number of thiocarbonyl (C=S) groups is 1. The second kappa shape index (κ2) is 11.8. The van der Waals surface area contributed by atoms with Gasteiger partial charge in [0, 0.05) is 48.6 Å². The molecule has 0 fully saturated rings. The number of aromatic amines is 1. The van der Waals surface area contributed by atoms with E-state index in [4.69, 9.17) is 22.6 Å². The summed E-state index contributed by atoms with van der Waals surface area (Å²) in [4.78, 5) is 14.2. The van der Waals surface area contributed by atoms with Crippen LogP contribution in [-0.2, 0) is 0 Å². The molecule has 0 spiro atoms. The number of benzene rings is 1. The summed E-state index contributed by atoms with van der Waals surface area (Å²) in [5.41, 5.74) is 3.36. The van der Waals surface area contributed by atoms with Gasteiger partial charge < -0.3 is 20.5 Å². The molecule has 0 unspecified atom stereocenters. The Hall–Kier alpha value is -3.52. The van der Waals surface area contributed by atoms with Crippen LogP contribution in [0.5, 0.6) is 0 Å². The number of amidine groups is 2. The number of nitrogens with zero attached hydrogens (tertiary/aromatic N) is 3. The van der Waals surface area contributed by atoms with Gasteiger partial charge in [-0.15, -0.1) is 0 Å². The summed E-state index contributed by atoms with van der Waals surface area (Å²) in [7, 11) is 0. The van der Waals surface area contributed by atoms with Gasteiger partial charge in [-0.2, -0.15) is 0 Å². The number of rotatable bonds is 8. The van der Waals surface area contributed by atoms with Gasteiger partial charge in [0.25, 0.3) is 0 Å². The lowest BCUT2D eigenvalue weighted by Gasteiger charge is -2.25. The molecular formula is C24H29N7S. The fraction of sp³-hybridized carbons (Fsp3) is 0.250. The topological polar surface area (TPSA) is 92.2 Å². The summed E-state index contributed by atoms with van der Waals surface area (Å²) < 4.78 is 0. The van der Waals surface area contributed by atoms with Crippen LogP contribution in [0.15, 0.2) is 72.1 Å². The van der Waals surface area contributed by atoms with Gasteiger partial charge in [-0.05, 0) is 73.6 Å². The first-order valence-electron chi connectivity index (χ1n) is 10.7. The Morgan fingerprint density at radius 1 is 1.00 bits per heavy atom. The number of aromatic nitrogens is 2. The summed E-state index contributed by atoms with van der Waals surface area (Å²) in [6.45, 7) is 6.09. The van der Waals surface area contributed by atoms with Crippen molar-refractivity contribution in [1.82, 2.24) is 14.9 Å². The SMILES string of the molecule is CCCN(CCC)/C(=N/C(=N)c1ccc(NC(=S)Nc2ccncc2)cc1)c1ccc[nH]1. The first-order chi connectivity index (χ1) is 15.6. The Labute approximate surface area is 194 Å². The van der Waals surface area contributed by atoms with Crippen LogP contribution in [-0.4, -0.2) is 44.7 Å². The highest BCUT2D eigenvalue weighted by Gasteiger charge is 2.15. The van der Waals surface area contributed by atoms with Crippen molar-refractivity contribution in [3.05, 3.63) is 78.4 Å². The molecule has 166 valence electrons. The summed E-state index contributed by atoms with van der Waals surface area (Å²) in [5, 5.41) is 15.3. The molecule has 0 saturated carbocycles. The fourth-order valence-corrected chi connectivity index (χ4v) is 3.48. The van der Waals surface area contributed by atoms with Crippen molar-refractivity contribution in [2.45, 2.75) is 26.7 Å². The standard InChI is InChI=1S/C24H29N7S/c1-3-16-31(17-4-2)23(21-6-5-13-27-21)30-22(25)18-7-9-19(10-8-18)28-24(32)29-20-11-14-26-15-12-20/h5-15,25,27H,3-4,16-17H2,1-2H3,(H2,26,28,29,32)/b25-22?,30-23+. The minimum Gasteiger partial charge on any atom is -0.359 e. The Morgan fingerprint density at radius 3 is 2.19 bits per heavy atom. The van der Waals surface area contributed by atoms with E-state index in [1.807, 2.05) is 54.7 Å². The van der Waals surface area contributed by atoms with Crippen LogP contribution in [0.1, 0.15) is 37.9 Å². The summed E-state index contributed by atoms with van der Waals surface area (Å²) in [5.74, 6) is 1.02. The van der Waals surface area contributed by atoms with Crippen molar-refractivity contribution in [3.63, 3.8) is 0 Å². The van der Waals surface area contributed by atoms with Crippen molar-refractivity contribution in [3.8, 4) is 0 Å². The Morgan fingerprint density at radius 2 is 1.62 bits per heavy atom. The maximum atomic E-state index is 8.59. The second-order valence-corrected chi connectivity index (χ2v) is 7.66. The third-order valence-electron chi connectivity index (χ3n) is 4.70. The van der Waals surface area contributed by atoms with Gasteiger partial charge in [0.15, 0.2) is 16.8 Å². The number of anilines is 2. The van der Waals surface area contributed by atoms with Gasteiger partial charge in [0.05, 0.1) is 5.69 Å². The zero-order chi connectivity index (χ0) is 22.8. The summed E-state index contributed by atoms with van der Waals surface area (Å²) >= 11 is 5.37. The van der Waals surface area contributed by atoms with Crippen LogP contribution >= 0.6 is 12.2 Å². The van der Waals surface area contributed by atoms with E-state index in [1.54, 1.807) is 12.4 Å². The lowest BCUT2D eigenvalue weighted by atomic mass is 10.2. The minimum atomic E-state index is 0.218. The van der Waals surface area contributed by atoms with Crippen LogP contribution in [0.2, 0.25) is 0 Å². The van der Waals surface area contributed by atoms with Gasteiger partial charge in [-0.25, -0.2) is 4.99 Å². The van der Waals surface area contributed by atoms with Crippen LogP contribution in [0.25, 0.3) is 0 Å². The maximum Gasteiger partial charge on any atom is 0.175 e. The monoisotopic (exact) mass is 447 g/mol. The van der Waals surface area contributed by atoms with E-state index < -0.39 is 0 Å². The summed E-state index contributed by atoms with van der Waals surface area (Å²) in [6.07, 6.45) is 7.32. The molecular weight excluding hydrogens is 418 g/mol. The lowest BCUT2D eigenvalue weighted by Crippen LogP contribution is -2.34. The highest BCUT2D eigenvalue weighted by atomic mass is 32.1. The quantitative estimate of drug-likeness (QED) is 0.219. The van der Waals surface area contributed by atoms with E-state index in [-0.39, 0.29) is 5.84 Å². The zero-order valence-electron chi connectivity index (χ0n) is 18.4. The van der Waals surface area contributed by atoms with Gasteiger partial charge in [0.1, 0.15) is 0 Å². The van der Waals surface area contributed by atoms with Crippen LogP contribution < -0.4 is 10.6 Å². The molecule has 1 aromatic carbocycles. The smallest absolute Gasteiger partial charge is 0.175 e. The van der Waals surface area contributed by atoms with Crippen LogP contribution in [0.3, 0.4) is 0 Å². The van der Waals surface area contributed by atoms with Gasteiger partial charge in [-0.3, -0.25) is 10.4 Å². The molecule has 3 rings (SSSR count). The minimum absolute atomic E-state index is 0.218. The molecule has 0 aliphatic carbocycles. The molecule has 2 heterocycles. The Kier molecular flexibility index (Phi) is 8.51. The number of aliphatic imine (C=N–C) groups is 1. The fourth-order valence-electron chi connectivity index (χ4n) is 3.24. The van der Waals surface area contributed by atoms with Gasteiger partial charge in [0.2, 0.25) is 0 Å². The number of pyridine rings is 1. The van der Waals surface area contributed by atoms with E-state index in [9.17, 15) is 0 Å². The summed E-state index contributed by atoms with van der Waals surface area (Å²) in [6, 6.07) is 15.2. The van der Waals surface area contributed by atoms with Crippen molar-refractivity contribution in [2.24, 2.45) is 4.99 Å². The highest BCUT2D eigenvalue weighted by molar-refractivity contribution is 7.80. The number of nitrogens with one attached hydrogen (secondary N) is 4. The third kappa shape index (κ3) is 6.49. The van der Waals surface area contributed by atoms with E-state index in [2.05, 4.69) is 39.3 Å². The van der Waals surface area contributed by atoms with E-state index in [0.29, 0.717) is 5.11 Å². The number of hydrogen-bond acceptors (Lipinski definition) is 3. The Balaban J connectivity index is 1.72. The second-order valence-electron chi connectivity index (χ2n) is 7.25. The third-order valence-corrected chi connectivity index (χ3v) is 4.90. The average Bonchev–Trinajstić information content (AvgIpc) is 3.33. The largest absolute Gasteiger partial charge is 0.359 e. The lowest BCUT2D eigenvalue weighted by molar-refractivity contribution is 0.417. The van der Waals surface area contributed by atoms with Gasteiger partial charge >= 0.3 is 0 Å². The Bertz CT molecular complexity index is 1020.